The molecule has 10 nitrogen and oxygen atoms in total. The van der Waals surface area contributed by atoms with Gasteiger partial charge in [-0.15, -0.1) is 11.8 Å². The molecule has 0 radical (unpaired) electrons. The number of thioether (sulfide) groups is 1. The van der Waals surface area contributed by atoms with Gasteiger partial charge in [0.1, 0.15) is 5.70 Å². The third kappa shape index (κ3) is 8.73. The van der Waals surface area contributed by atoms with Crippen LogP contribution in [0.3, 0.4) is 0 Å². The maximum absolute atomic E-state index is 13.5. The van der Waals surface area contributed by atoms with E-state index in [2.05, 4.69) is 16.0 Å². The van der Waals surface area contributed by atoms with Crippen LogP contribution in [0.15, 0.2) is 108 Å². The van der Waals surface area contributed by atoms with E-state index in [1.165, 1.54) is 44.2 Å². The Morgan fingerprint density at radius 3 is 2.14 bits per heavy atom. The number of benzene rings is 4. The number of rotatable bonds is 12. The van der Waals surface area contributed by atoms with Gasteiger partial charge < -0.3 is 30.5 Å². The molecule has 3 amide bonds. The zero-order valence-electron chi connectivity index (χ0n) is 23.8. The van der Waals surface area contributed by atoms with Crippen molar-refractivity contribution in [2.45, 2.75) is 4.90 Å². The molecule has 4 aromatic carbocycles. The lowest BCUT2D eigenvalue weighted by Crippen LogP contribution is -2.30. The van der Waals surface area contributed by atoms with Crippen LogP contribution in [0.2, 0.25) is 0 Å². The first-order chi connectivity index (χ1) is 21.2. The van der Waals surface area contributed by atoms with E-state index >= 15 is 0 Å². The summed E-state index contributed by atoms with van der Waals surface area (Å²) in [7, 11) is 3.02. The van der Waals surface area contributed by atoms with Crippen LogP contribution in [-0.4, -0.2) is 48.8 Å². The summed E-state index contributed by atoms with van der Waals surface area (Å²) in [6.45, 7) is 0. The number of aromatic carboxylic acids is 1. The minimum absolute atomic E-state index is 0.00732. The summed E-state index contributed by atoms with van der Waals surface area (Å²) in [5.74, 6) is -1.42. The zero-order chi connectivity index (χ0) is 31.5. The van der Waals surface area contributed by atoms with E-state index in [1.54, 1.807) is 84.9 Å². The standard InChI is InChI=1S/C33H29N3O7S/c1-42-28-15-14-21(17-29(28)43-2)16-27(36-31(38)22-8-4-3-5-9-22)32(39)35-25-12-7-13-26(19-25)44-20-30(37)34-24-11-6-10-23(18-24)33(40)41/h3-19H,20H2,1-2H3,(H,34,37)(H,35,39)(H,36,38)(H,40,41)/b27-16+. The van der Waals surface area contributed by atoms with Gasteiger partial charge in [-0.3, -0.25) is 14.4 Å². The van der Waals surface area contributed by atoms with Crippen LogP contribution < -0.4 is 25.4 Å². The number of carboxylic acids is 1. The van der Waals surface area contributed by atoms with Gasteiger partial charge >= 0.3 is 5.97 Å². The Labute approximate surface area is 258 Å². The molecule has 4 aromatic rings. The number of amides is 3. The second kappa shape index (κ2) is 15.1. The van der Waals surface area contributed by atoms with E-state index in [1.807, 2.05) is 0 Å². The predicted octanol–water partition coefficient (Wildman–Crippen LogP) is 5.54. The quantitative estimate of drug-likeness (QED) is 0.121. The van der Waals surface area contributed by atoms with E-state index in [9.17, 15) is 19.2 Å². The number of carbonyl (C=O) groups excluding carboxylic acids is 3. The Bertz CT molecular complexity index is 1710. The highest BCUT2D eigenvalue weighted by Crippen LogP contribution is 2.28. The number of hydrogen-bond donors (Lipinski definition) is 4. The van der Waals surface area contributed by atoms with Crippen LogP contribution >= 0.6 is 11.8 Å². The molecule has 0 aliphatic heterocycles. The van der Waals surface area contributed by atoms with Gasteiger partial charge in [-0.1, -0.05) is 36.4 Å². The molecule has 0 fully saturated rings. The summed E-state index contributed by atoms with van der Waals surface area (Å²) >= 11 is 1.24. The normalized spacial score (nSPS) is 10.8. The lowest BCUT2D eigenvalue weighted by atomic mass is 10.1. The van der Waals surface area contributed by atoms with E-state index in [0.717, 1.165) is 0 Å². The molecule has 0 saturated carbocycles. The van der Waals surface area contributed by atoms with Crippen molar-refractivity contribution >= 4 is 52.9 Å². The predicted molar refractivity (Wildman–Crippen MR) is 169 cm³/mol. The summed E-state index contributed by atoms with van der Waals surface area (Å²) in [4.78, 5) is 50.8. The average Bonchev–Trinajstić information content (AvgIpc) is 3.04. The van der Waals surface area contributed by atoms with E-state index in [0.29, 0.717) is 38.9 Å². The fourth-order valence-electron chi connectivity index (χ4n) is 3.99. The van der Waals surface area contributed by atoms with Gasteiger partial charge in [0.25, 0.3) is 11.8 Å². The van der Waals surface area contributed by atoms with Crippen LogP contribution in [0.25, 0.3) is 6.08 Å². The number of ether oxygens (including phenoxy) is 2. The number of hydrogen-bond acceptors (Lipinski definition) is 7. The van der Waals surface area contributed by atoms with Gasteiger partial charge in [-0.2, -0.15) is 0 Å². The van der Waals surface area contributed by atoms with Gasteiger partial charge in [0.05, 0.1) is 25.5 Å². The molecule has 4 rings (SSSR count). The van der Waals surface area contributed by atoms with Crippen molar-refractivity contribution in [3.05, 3.63) is 119 Å². The molecule has 11 heteroatoms. The largest absolute Gasteiger partial charge is 0.493 e. The second-order valence-corrected chi connectivity index (χ2v) is 10.2. The summed E-state index contributed by atoms with van der Waals surface area (Å²) < 4.78 is 10.7. The molecule has 0 unspecified atom stereocenters. The van der Waals surface area contributed by atoms with Crippen molar-refractivity contribution in [1.29, 1.82) is 0 Å². The lowest BCUT2D eigenvalue weighted by Gasteiger charge is -2.13. The molecule has 0 spiro atoms. The highest BCUT2D eigenvalue weighted by atomic mass is 32.2. The molecule has 224 valence electrons. The minimum atomic E-state index is -1.09. The zero-order valence-corrected chi connectivity index (χ0v) is 24.6. The van der Waals surface area contributed by atoms with Crippen molar-refractivity contribution in [3.8, 4) is 11.5 Å². The first-order valence-corrected chi connectivity index (χ1v) is 14.2. The molecule has 0 aliphatic rings. The van der Waals surface area contributed by atoms with Crippen molar-refractivity contribution in [1.82, 2.24) is 5.32 Å². The fraction of sp³-hybridized carbons (Fsp3) is 0.0909. The van der Waals surface area contributed by atoms with Crippen molar-refractivity contribution in [2.24, 2.45) is 0 Å². The first kappa shape index (κ1) is 31.4. The molecule has 0 aromatic heterocycles. The molecule has 0 bridgehead atoms. The molecular weight excluding hydrogens is 582 g/mol. The molecule has 0 saturated heterocycles. The van der Waals surface area contributed by atoms with Crippen LogP contribution in [-0.2, 0) is 9.59 Å². The number of carbonyl (C=O) groups is 4. The maximum Gasteiger partial charge on any atom is 0.335 e. The SMILES string of the molecule is COc1ccc(/C=C(/NC(=O)c2ccccc2)C(=O)Nc2cccc(SCC(=O)Nc3cccc(C(=O)O)c3)c2)cc1OC. The summed E-state index contributed by atoms with van der Waals surface area (Å²) in [6, 6.07) is 26.5. The molecule has 4 N–H and O–H groups in total. The number of anilines is 2. The maximum atomic E-state index is 13.5. The Kier molecular flexibility index (Phi) is 10.8. The van der Waals surface area contributed by atoms with Crippen molar-refractivity contribution < 1.29 is 33.8 Å². The van der Waals surface area contributed by atoms with Crippen LogP contribution in [0.4, 0.5) is 11.4 Å². The van der Waals surface area contributed by atoms with Gasteiger partial charge in [0.2, 0.25) is 5.91 Å². The van der Waals surface area contributed by atoms with Crippen LogP contribution in [0.5, 0.6) is 11.5 Å². The van der Waals surface area contributed by atoms with E-state index in [-0.39, 0.29) is 22.9 Å². The molecule has 0 atom stereocenters. The van der Waals surface area contributed by atoms with Crippen molar-refractivity contribution in [2.75, 3.05) is 30.6 Å². The highest BCUT2D eigenvalue weighted by molar-refractivity contribution is 8.00. The second-order valence-electron chi connectivity index (χ2n) is 9.20. The Hall–Kier alpha value is -5.55. The van der Waals surface area contributed by atoms with Gasteiger partial charge in [-0.25, -0.2) is 4.79 Å². The number of nitrogens with one attached hydrogen (secondary N) is 3. The number of methoxy groups -OCH3 is 2. The highest BCUT2D eigenvalue weighted by Gasteiger charge is 2.16. The van der Waals surface area contributed by atoms with Gasteiger partial charge in [0, 0.05) is 21.8 Å². The summed E-state index contributed by atoms with van der Waals surface area (Å²) in [5.41, 5.74) is 1.85. The molecule has 0 aliphatic carbocycles. The minimum Gasteiger partial charge on any atom is -0.493 e. The first-order valence-electron chi connectivity index (χ1n) is 13.2. The number of carboxylic acid groups (broad SMARTS) is 1. The average molecular weight is 612 g/mol. The summed E-state index contributed by atoms with van der Waals surface area (Å²) in [6.07, 6.45) is 1.53. The molecule has 44 heavy (non-hydrogen) atoms. The van der Waals surface area contributed by atoms with Crippen LogP contribution in [0, 0.1) is 0 Å². The topological polar surface area (TPSA) is 143 Å². The molecular formula is C33H29N3O7S. The smallest absolute Gasteiger partial charge is 0.335 e. The molecule has 0 heterocycles. The monoisotopic (exact) mass is 611 g/mol. The van der Waals surface area contributed by atoms with E-state index < -0.39 is 17.8 Å². The van der Waals surface area contributed by atoms with E-state index in [4.69, 9.17) is 14.6 Å². The third-order valence-corrected chi connectivity index (χ3v) is 7.10. The summed E-state index contributed by atoms with van der Waals surface area (Å²) in [5, 5.41) is 17.3. The Balaban J connectivity index is 1.48. The van der Waals surface area contributed by atoms with Crippen LogP contribution in [0.1, 0.15) is 26.3 Å². The Morgan fingerprint density at radius 1 is 0.750 bits per heavy atom. The Morgan fingerprint density at radius 2 is 1.43 bits per heavy atom. The lowest BCUT2D eigenvalue weighted by molar-refractivity contribution is -0.114. The van der Waals surface area contributed by atoms with Gasteiger partial charge in [0.15, 0.2) is 11.5 Å². The van der Waals surface area contributed by atoms with Gasteiger partial charge in [-0.05, 0) is 72.3 Å². The van der Waals surface area contributed by atoms with Crippen molar-refractivity contribution in [3.63, 3.8) is 0 Å². The third-order valence-electron chi connectivity index (χ3n) is 6.10. The fourth-order valence-corrected chi connectivity index (χ4v) is 4.74.